The first kappa shape index (κ1) is 9.52. The summed E-state index contributed by atoms with van der Waals surface area (Å²) in [5.74, 6) is 0.860. The van der Waals surface area contributed by atoms with E-state index in [0.29, 0.717) is 0 Å². The minimum absolute atomic E-state index is 0.769. The largest absolute Gasteiger partial charge is 0.490 e. The van der Waals surface area contributed by atoms with Crippen LogP contribution < -0.4 is 10.1 Å². The molecular weight excluding hydrogens is 178 g/mol. The van der Waals surface area contributed by atoms with Crippen LogP contribution in [0.25, 0.3) is 0 Å². The molecule has 0 bridgehead atoms. The van der Waals surface area contributed by atoms with Crippen molar-refractivity contribution in [3.05, 3.63) is 12.4 Å². The van der Waals surface area contributed by atoms with Crippen LogP contribution in [0, 0.1) is 0 Å². The monoisotopic (exact) mass is 195 g/mol. The van der Waals surface area contributed by atoms with E-state index in [0.717, 1.165) is 31.4 Å². The van der Waals surface area contributed by atoms with E-state index in [4.69, 9.17) is 4.74 Å². The fraction of sp³-hybridized carbons (Fsp3) is 0.700. The molecule has 0 unspecified atom stereocenters. The number of hydrogen-bond donors (Lipinski definition) is 1. The molecule has 0 radical (unpaired) electrons. The van der Waals surface area contributed by atoms with E-state index < -0.39 is 0 Å². The molecular formula is C10H17N3O. The van der Waals surface area contributed by atoms with Gasteiger partial charge in [0.05, 0.1) is 19.0 Å². The minimum atomic E-state index is 0.769. The third-order valence-electron chi connectivity index (χ3n) is 2.28. The Balaban J connectivity index is 1.53. The van der Waals surface area contributed by atoms with Crippen molar-refractivity contribution < 1.29 is 4.74 Å². The predicted molar refractivity (Wildman–Crippen MR) is 54.3 cm³/mol. The molecule has 1 fully saturated rings. The van der Waals surface area contributed by atoms with Crippen molar-refractivity contribution in [3.8, 4) is 5.75 Å². The second kappa shape index (κ2) is 4.46. The van der Waals surface area contributed by atoms with Crippen LogP contribution in [0.5, 0.6) is 5.75 Å². The SMILES string of the molecule is Cn1cc(OCCCNC2CC2)cn1. The maximum absolute atomic E-state index is 5.51. The highest BCUT2D eigenvalue weighted by molar-refractivity contribution is 5.11. The normalized spacial score (nSPS) is 15.8. The number of rotatable bonds is 6. The Morgan fingerprint density at radius 1 is 1.64 bits per heavy atom. The van der Waals surface area contributed by atoms with Crippen LogP contribution >= 0.6 is 0 Å². The number of aromatic nitrogens is 2. The van der Waals surface area contributed by atoms with Gasteiger partial charge in [0.2, 0.25) is 0 Å². The van der Waals surface area contributed by atoms with Gasteiger partial charge < -0.3 is 10.1 Å². The Hall–Kier alpha value is -1.03. The molecule has 1 heterocycles. The summed E-state index contributed by atoms with van der Waals surface area (Å²) >= 11 is 0. The van der Waals surface area contributed by atoms with Crippen molar-refractivity contribution in [2.24, 2.45) is 7.05 Å². The van der Waals surface area contributed by atoms with Crippen molar-refractivity contribution >= 4 is 0 Å². The molecule has 1 aromatic heterocycles. The molecule has 1 aromatic rings. The smallest absolute Gasteiger partial charge is 0.157 e. The molecule has 1 saturated carbocycles. The molecule has 0 amide bonds. The van der Waals surface area contributed by atoms with Crippen LogP contribution in [0.3, 0.4) is 0 Å². The highest BCUT2D eigenvalue weighted by Gasteiger charge is 2.19. The average Bonchev–Trinajstić information content (AvgIpc) is 2.89. The number of nitrogens with zero attached hydrogens (tertiary/aromatic N) is 2. The van der Waals surface area contributed by atoms with Gasteiger partial charge in [-0.15, -0.1) is 0 Å². The van der Waals surface area contributed by atoms with Gasteiger partial charge in [-0.1, -0.05) is 0 Å². The minimum Gasteiger partial charge on any atom is -0.490 e. The number of nitrogens with one attached hydrogen (secondary N) is 1. The van der Waals surface area contributed by atoms with E-state index in [-0.39, 0.29) is 0 Å². The van der Waals surface area contributed by atoms with Crippen molar-refractivity contribution in [1.29, 1.82) is 0 Å². The van der Waals surface area contributed by atoms with Gasteiger partial charge in [0, 0.05) is 13.1 Å². The van der Waals surface area contributed by atoms with Crippen molar-refractivity contribution in [2.75, 3.05) is 13.2 Å². The summed E-state index contributed by atoms with van der Waals surface area (Å²) in [6, 6.07) is 0.799. The quantitative estimate of drug-likeness (QED) is 0.687. The lowest BCUT2D eigenvalue weighted by Crippen LogP contribution is -2.19. The van der Waals surface area contributed by atoms with Gasteiger partial charge in [0.25, 0.3) is 0 Å². The Kier molecular flexibility index (Phi) is 3.03. The number of aryl methyl sites for hydroxylation is 1. The van der Waals surface area contributed by atoms with Crippen molar-refractivity contribution in [2.45, 2.75) is 25.3 Å². The first-order chi connectivity index (χ1) is 6.84. The second-order valence-electron chi connectivity index (χ2n) is 3.78. The molecule has 4 heteroatoms. The van der Waals surface area contributed by atoms with Crippen molar-refractivity contribution in [1.82, 2.24) is 15.1 Å². The predicted octanol–water partition coefficient (Wildman–Crippen LogP) is 0.941. The second-order valence-corrected chi connectivity index (χ2v) is 3.78. The highest BCUT2D eigenvalue weighted by Crippen LogP contribution is 2.18. The molecule has 0 atom stereocenters. The van der Waals surface area contributed by atoms with Gasteiger partial charge in [-0.2, -0.15) is 5.10 Å². The highest BCUT2D eigenvalue weighted by atomic mass is 16.5. The zero-order chi connectivity index (χ0) is 9.80. The Morgan fingerprint density at radius 3 is 3.14 bits per heavy atom. The van der Waals surface area contributed by atoms with Gasteiger partial charge in [0.1, 0.15) is 0 Å². The fourth-order valence-electron chi connectivity index (χ4n) is 1.33. The molecule has 1 N–H and O–H groups in total. The summed E-state index contributed by atoms with van der Waals surface area (Å²) in [5.41, 5.74) is 0. The van der Waals surface area contributed by atoms with Crippen LogP contribution in [0.4, 0.5) is 0 Å². The first-order valence-corrected chi connectivity index (χ1v) is 5.19. The molecule has 14 heavy (non-hydrogen) atoms. The van der Waals surface area contributed by atoms with Gasteiger partial charge >= 0.3 is 0 Å². The number of hydrogen-bond acceptors (Lipinski definition) is 3. The van der Waals surface area contributed by atoms with Crippen LogP contribution in [0.1, 0.15) is 19.3 Å². The molecule has 0 aromatic carbocycles. The molecule has 4 nitrogen and oxygen atoms in total. The molecule has 1 aliphatic rings. The third-order valence-corrected chi connectivity index (χ3v) is 2.28. The summed E-state index contributed by atoms with van der Waals surface area (Å²) in [6.07, 6.45) is 7.39. The summed E-state index contributed by atoms with van der Waals surface area (Å²) in [7, 11) is 1.89. The van der Waals surface area contributed by atoms with Crippen LogP contribution in [0.15, 0.2) is 12.4 Å². The summed E-state index contributed by atoms with van der Waals surface area (Å²) < 4.78 is 7.25. The maximum Gasteiger partial charge on any atom is 0.157 e. The van der Waals surface area contributed by atoms with Crippen LogP contribution in [-0.2, 0) is 7.05 Å². The van der Waals surface area contributed by atoms with Crippen LogP contribution in [0.2, 0.25) is 0 Å². The summed E-state index contributed by atoms with van der Waals surface area (Å²) in [6.45, 7) is 1.83. The van der Waals surface area contributed by atoms with Gasteiger partial charge in [-0.05, 0) is 25.8 Å². The van der Waals surface area contributed by atoms with E-state index in [1.807, 2.05) is 13.2 Å². The van der Waals surface area contributed by atoms with E-state index in [2.05, 4.69) is 10.4 Å². The van der Waals surface area contributed by atoms with Gasteiger partial charge in [0.15, 0.2) is 5.75 Å². The Morgan fingerprint density at radius 2 is 2.50 bits per heavy atom. The molecule has 1 aliphatic carbocycles. The summed E-state index contributed by atoms with van der Waals surface area (Å²) in [4.78, 5) is 0. The van der Waals surface area contributed by atoms with Gasteiger partial charge in [-0.3, -0.25) is 4.68 Å². The zero-order valence-corrected chi connectivity index (χ0v) is 8.57. The lowest BCUT2D eigenvalue weighted by atomic mass is 10.4. The van der Waals surface area contributed by atoms with E-state index in [1.54, 1.807) is 10.9 Å². The maximum atomic E-state index is 5.51. The molecule has 78 valence electrons. The zero-order valence-electron chi connectivity index (χ0n) is 8.57. The van der Waals surface area contributed by atoms with Crippen molar-refractivity contribution in [3.63, 3.8) is 0 Å². The third kappa shape index (κ3) is 3.03. The molecule has 0 spiro atoms. The topological polar surface area (TPSA) is 39.1 Å². The Bertz CT molecular complexity index is 281. The fourth-order valence-corrected chi connectivity index (χ4v) is 1.33. The van der Waals surface area contributed by atoms with E-state index >= 15 is 0 Å². The average molecular weight is 195 g/mol. The Labute approximate surface area is 84.3 Å². The van der Waals surface area contributed by atoms with Crippen LogP contribution in [-0.4, -0.2) is 29.0 Å². The van der Waals surface area contributed by atoms with Gasteiger partial charge in [-0.25, -0.2) is 0 Å². The summed E-state index contributed by atoms with van der Waals surface area (Å²) in [5, 5.41) is 7.48. The molecule has 0 aliphatic heterocycles. The standard InChI is InChI=1S/C10H17N3O/c1-13-8-10(7-12-13)14-6-2-5-11-9-3-4-9/h7-9,11H,2-6H2,1H3. The first-order valence-electron chi connectivity index (χ1n) is 5.19. The molecule has 0 saturated heterocycles. The molecule has 2 rings (SSSR count). The lowest BCUT2D eigenvalue weighted by molar-refractivity contribution is 0.307. The van der Waals surface area contributed by atoms with E-state index in [1.165, 1.54) is 12.8 Å². The van der Waals surface area contributed by atoms with E-state index in [9.17, 15) is 0 Å². The number of ether oxygens (including phenoxy) is 1. The lowest BCUT2D eigenvalue weighted by Gasteiger charge is -2.03.